The molecule has 2 rings (SSSR count). The van der Waals surface area contributed by atoms with Crippen LogP contribution >= 0.6 is 0 Å². The van der Waals surface area contributed by atoms with Gasteiger partial charge in [0.05, 0.1) is 24.3 Å². The van der Waals surface area contributed by atoms with E-state index in [0.717, 1.165) is 32.1 Å². The molecule has 168 valence electrons. The molecule has 0 bridgehead atoms. The summed E-state index contributed by atoms with van der Waals surface area (Å²) in [5, 5.41) is 19.8. The number of phenolic OH excluding ortho intramolecular Hbond substituents is 2. The number of carbonyl (C=O) groups is 2. The van der Waals surface area contributed by atoms with Crippen molar-refractivity contribution in [2.75, 3.05) is 13.2 Å². The monoisotopic (exact) mass is 428 g/mol. The fraction of sp³-hybridized carbons (Fsp3) is 0.440. The molecule has 6 nitrogen and oxygen atoms in total. The summed E-state index contributed by atoms with van der Waals surface area (Å²) in [5.41, 5.74) is 0.594. The van der Waals surface area contributed by atoms with Crippen molar-refractivity contribution in [1.29, 1.82) is 0 Å². The number of aromatic hydroxyl groups is 2. The molecular weight excluding hydrogens is 396 g/mol. The van der Waals surface area contributed by atoms with Crippen LogP contribution in [0.3, 0.4) is 0 Å². The molecule has 0 fully saturated rings. The van der Waals surface area contributed by atoms with E-state index in [1.165, 1.54) is 12.1 Å². The predicted octanol–water partition coefficient (Wildman–Crippen LogP) is 5.69. The summed E-state index contributed by atoms with van der Waals surface area (Å²) in [6.45, 7) is 4.72. The zero-order valence-corrected chi connectivity index (χ0v) is 18.4. The van der Waals surface area contributed by atoms with Crippen molar-refractivity contribution in [1.82, 2.24) is 0 Å². The van der Waals surface area contributed by atoms with Gasteiger partial charge in [-0.2, -0.15) is 0 Å². The largest absolute Gasteiger partial charge is 0.507 e. The van der Waals surface area contributed by atoms with Crippen LogP contribution in [-0.2, 0) is 0 Å². The minimum Gasteiger partial charge on any atom is -0.507 e. The number of hydrogen-bond acceptors (Lipinski definition) is 6. The highest BCUT2D eigenvalue weighted by Gasteiger charge is 2.14. The maximum Gasteiger partial charge on any atom is 0.166 e. The average Bonchev–Trinajstić information content (AvgIpc) is 2.75. The Labute approximate surface area is 183 Å². The first-order valence-corrected chi connectivity index (χ1v) is 10.9. The Morgan fingerprint density at radius 1 is 0.677 bits per heavy atom. The summed E-state index contributed by atoms with van der Waals surface area (Å²) in [7, 11) is 0. The van der Waals surface area contributed by atoms with Gasteiger partial charge in [-0.05, 0) is 63.1 Å². The molecule has 0 aliphatic carbocycles. The molecular formula is C25H32O6. The molecule has 31 heavy (non-hydrogen) atoms. The van der Waals surface area contributed by atoms with E-state index >= 15 is 0 Å². The molecule has 0 saturated heterocycles. The Balaban J connectivity index is 1.69. The molecule has 0 radical (unpaired) electrons. The van der Waals surface area contributed by atoms with Gasteiger partial charge in [-0.25, -0.2) is 0 Å². The molecule has 0 amide bonds. The molecule has 6 heteroatoms. The Kier molecular flexibility index (Phi) is 9.88. The van der Waals surface area contributed by atoms with E-state index in [1.54, 1.807) is 24.3 Å². The van der Waals surface area contributed by atoms with Crippen molar-refractivity contribution >= 4 is 11.6 Å². The normalized spacial score (nSPS) is 10.6. The van der Waals surface area contributed by atoms with Gasteiger partial charge in [0.1, 0.15) is 23.0 Å². The van der Waals surface area contributed by atoms with Gasteiger partial charge in [0.15, 0.2) is 11.6 Å². The van der Waals surface area contributed by atoms with Crippen molar-refractivity contribution in [2.45, 2.75) is 58.8 Å². The topological polar surface area (TPSA) is 93.1 Å². The highest BCUT2D eigenvalue weighted by molar-refractivity contribution is 5.99. The summed E-state index contributed by atoms with van der Waals surface area (Å²) in [6.07, 6.45) is 4.83. The van der Waals surface area contributed by atoms with E-state index in [9.17, 15) is 19.8 Å². The average molecular weight is 429 g/mol. The lowest BCUT2D eigenvalue weighted by Crippen LogP contribution is -2.02. The van der Waals surface area contributed by atoms with Crippen molar-refractivity contribution in [3.8, 4) is 23.0 Å². The highest BCUT2D eigenvalue weighted by Crippen LogP contribution is 2.26. The smallest absolute Gasteiger partial charge is 0.166 e. The molecule has 2 N–H and O–H groups in total. The van der Waals surface area contributed by atoms with Gasteiger partial charge < -0.3 is 19.7 Å². The maximum atomic E-state index is 12.4. The fourth-order valence-corrected chi connectivity index (χ4v) is 3.36. The summed E-state index contributed by atoms with van der Waals surface area (Å²) in [6, 6.07) is 9.42. The van der Waals surface area contributed by atoms with Gasteiger partial charge in [-0.1, -0.05) is 19.3 Å². The first kappa shape index (κ1) is 24.3. The minimum absolute atomic E-state index is 0.0244. The van der Waals surface area contributed by atoms with Gasteiger partial charge in [0.2, 0.25) is 0 Å². The number of unbranched alkanes of at least 4 members (excludes halogenated alkanes) is 4. The van der Waals surface area contributed by atoms with Crippen LogP contribution in [0.15, 0.2) is 36.4 Å². The second-order valence-corrected chi connectivity index (χ2v) is 7.34. The standard InChI is InChI=1S/C25H32O6/c1-3-30-18-12-14-24(28)20(16-18)22(26)10-8-6-5-7-9-11-23(27)21-17-19(31-4-2)13-15-25(21)29/h12-17,28-29H,3-11H2,1-2H3. The van der Waals surface area contributed by atoms with E-state index in [0.29, 0.717) is 48.7 Å². The number of ketones is 2. The third-order valence-electron chi connectivity index (χ3n) is 4.97. The molecule has 0 aliphatic heterocycles. The highest BCUT2D eigenvalue weighted by atomic mass is 16.5. The Morgan fingerprint density at radius 3 is 1.45 bits per heavy atom. The second kappa shape index (κ2) is 12.6. The maximum absolute atomic E-state index is 12.4. The van der Waals surface area contributed by atoms with E-state index in [1.807, 2.05) is 13.8 Å². The minimum atomic E-state index is -0.0983. The van der Waals surface area contributed by atoms with Gasteiger partial charge in [-0.15, -0.1) is 0 Å². The summed E-state index contributed by atoms with van der Waals surface area (Å²) < 4.78 is 10.8. The van der Waals surface area contributed by atoms with Gasteiger partial charge in [-0.3, -0.25) is 9.59 Å². The molecule has 0 aromatic heterocycles. The SMILES string of the molecule is CCOc1ccc(O)c(C(=O)CCCCCCCC(=O)c2cc(OCC)ccc2O)c1. The number of rotatable bonds is 14. The molecule has 0 unspecified atom stereocenters. The van der Waals surface area contributed by atoms with Gasteiger partial charge in [0, 0.05) is 12.8 Å². The number of Topliss-reactive ketones (excluding diaryl/α,β-unsaturated/α-hetero) is 2. The number of benzene rings is 2. The van der Waals surface area contributed by atoms with E-state index < -0.39 is 0 Å². The van der Waals surface area contributed by atoms with Crippen molar-refractivity contribution in [3.05, 3.63) is 47.5 Å². The van der Waals surface area contributed by atoms with Crippen LogP contribution in [0, 0.1) is 0 Å². The van der Waals surface area contributed by atoms with E-state index in [-0.39, 0.29) is 23.1 Å². The Morgan fingerprint density at radius 2 is 1.06 bits per heavy atom. The summed E-state index contributed by atoms with van der Waals surface area (Å²) >= 11 is 0. The lowest BCUT2D eigenvalue weighted by atomic mass is 10.0. The zero-order valence-electron chi connectivity index (χ0n) is 18.4. The zero-order chi connectivity index (χ0) is 22.6. The molecule has 0 heterocycles. The molecule has 0 saturated carbocycles. The van der Waals surface area contributed by atoms with Crippen LogP contribution in [0.2, 0.25) is 0 Å². The summed E-state index contributed by atoms with van der Waals surface area (Å²) in [4.78, 5) is 24.7. The van der Waals surface area contributed by atoms with Crippen molar-refractivity contribution in [3.63, 3.8) is 0 Å². The Bertz CT molecular complexity index is 803. The quantitative estimate of drug-likeness (QED) is 0.296. The molecule has 0 aliphatic rings. The first-order chi connectivity index (χ1) is 15.0. The third-order valence-corrected chi connectivity index (χ3v) is 4.97. The number of carbonyl (C=O) groups excluding carboxylic acids is 2. The molecule has 2 aromatic carbocycles. The third kappa shape index (κ3) is 7.63. The van der Waals surface area contributed by atoms with Crippen LogP contribution in [0.25, 0.3) is 0 Å². The summed E-state index contributed by atoms with van der Waals surface area (Å²) in [5.74, 6) is 0.905. The van der Waals surface area contributed by atoms with Crippen LogP contribution < -0.4 is 9.47 Å². The molecule has 0 spiro atoms. The number of phenols is 2. The van der Waals surface area contributed by atoms with Crippen LogP contribution in [0.5, 0.6) is 23.0 Å². The van der Waals surface area contributed by atoms with Crippen molar-refractivity contribution in [2.24, 2.45) is 0 Å². The van der Waals surface area contributed by atoms with E-state index in [4.69, 9.17) is 9.47 Å². The Hall–Kier alpha value is -3.02. The first-order valence-electron chi connectivity index (χ1n) is 10.9. The van der Waals surface area contributed by atoms with Crippen molar-refractivity contribution < 1.29 is 29.3 Å². The predicted molar refractivity (Wildman–Crippen MR) is 120 cm³/mol. The molecule has 0 atom stereocenters. The van der Waals surface area contributed by atoms with E-state index in [2.05, 4.69) is 0 Å². The van der Waals surface area contributed by atoms with Gasteiger partial charge in [0.25, 0.3) is 0 Å². The van der Waals surface area contributed by atoms with Crippen LogP contribution in [0.1, 0.15) is 79.5 Å². The molecule has 2 aromatic rings. The second-order valence-electron chi connectivity index (χ2n) is 7.34. The number of ether oxygens (including phenoxy) is 2. The number of hydrogen-bond donors (Lipinski definition) is 2. The fourth-order valence-electron chi connectivity index (χ4n) is 3.36. The lowest BCUT2D eigenvalue weighted by Gasteiger charge is -2.08. The lowest BCUT2D eigenvalue weighted by molar-refractivity contribution is 0.0970. The van der Waals surface area contributed by atoms with Crippen LogP contribution in [0.4, 0.5) is 0 Å². The van der Waals surface area contributed by atoms with Gasteiger partial charge >= 0.3 is 0 Å². The van der Waals surface area contributed by atoms with Crippen LogP contribution in [-0.4, -0.2) is 35.0 Å².